The number of aryl methyl sites for hydroxylation is 1. The second kappa shape index (κ2) is 5.96. The Morgan fingerprint density at radius 2 is 2.32 bits per heavy atom. The number of ether oxygens (including phenoxy) is 1. The monoisotopic (exact) mass is 323 g/mol. The van der Waals surface area contributed by atoms with Crippen molar-refractivity contribution in [2.24, 2.45) is 5.41 Å². The highest BCUT2D eigenvalue weighted by molar-refractivity contribution is 7.09. The predicted octanol–water partition coefficient (Wildman–Crippen LogP) is 1.05. The Hall–Kier alpha value is -1.47. The van der Waals surface area contributed by atoms with Crippen molar-refractivity contribution in [3.8, 4) is 0 Å². The molecule has 1 spiro atoms. The lowest BCUT2D eigenvalue weighted by Crippen LogP contribution is -2.35. The molecule has 3 rings (SSSR count). The van der Waals surface area contributed by atoms with E-state index >= 15 is 0 Å². The van der Waals surface area contributed by atoms with Crippen molar-refractivity contribution in [2.45, 2.75) is 26.3 Å². The SMILES string of the molecule is COCC(=O)N1CC[C@]2(CC(=O)N(Cc3csc(C)n3)C2)C1. The molecule has 0 saturated carbocycles. The maximum Gasteiger partial charge on any atom is 0.248 e. The molecule has 2 saturated heterocycles. The summed E-state index contributed by atoms with van der Waals surface area (Å²) in [4.78, 5) is 32.4. The molecule has 2 amide bonds. The van der Waals surface area contributed by atoms with E-state index in [2.05, 4.69) is 4.98 Å². The molecule has 2 aliphatic rings. The van der Waals surface area contributed by atoms with E-state index in [1.165, 1.54) is 7.11 Å². The molecular weight excluding hydrogens is 302 g/mol. The first-order valence-corrected chi connectivity index (χ1v) is 8.35. The molecule has 2 fully saturated rings. The van der Waals surface area contributed by atoms with Crippen molar-refractivity contribution in [2.75, 3.05) is 33.4 Å². The fourth-order valence-corrected chi connectivity index (χ4v) is 4.04. The Morgan fingerprint density at radius 1 is 1.50 bits per heavy atom. The number of thiazole rings is 1. The van der Waals surface area contributed by atoms with Crippen LogP contribution in [-0.2, 0) is 20.9 Å². The van der Waals surface area contributed by atoms with Crippen molar-refractivity contribution in [1.82, 2.24) is 14.8 Å². The van der Waals surface area contributed by atoms with E-state index < -0.39 is 0 Å². The molecule has 0 N–H and O–H groups in total. The number of hydrogen-bond donors (Lipinski definition) is 0. The second-order valence-corrected chi connectivity index (χ2v) is 7.34. The molecule has 6 nitrogen and oxygen atoms in total. The number of methoxy groups -OCH3 is 1. The van der Waals surface area contributed by atoms with Crippen molar-refractivity contribution >= 4 is 23.2 Å². The minimum absolute atomic E-state index is 0.0143. The number of hydrogen-bond acceptors (Lipinski definition) is 5. The Bertz CT molecular complexity index is 588. The van der Waals surface area contributed by atoms with Gasteiger partial charge in [-0.2, -0.15) is 0 Å². The number of amides is 2. The van der Waals surface area contributed by atoms with Crippen LogP contribution in [0.15, 0.2) is 5.38 Å². The van der Waals surface area contributed by atoms with Crippen LogP contribution in [0.3, 0.4) is 0 Å². The van der Waals surface area contributed by atoms with Gasteiger partial charge < -0.3 is 14.5 Å². The summed E-state index contributed by atoms with van der Waals surface area (Å²) in [5, 5.41) is 3.03. The van der Waals surface area contributed by atoms with E-state index in [-0.39, 0.29) is 23.8 Å². The first-order valence-electron chi connectivity index (χ1n) is 7.47. The molecule has 3 heterocycles. The summed E-state index contributed by atoms with van der Waals surface area (Å²) in [6.07, 6.45) is 1.42. The summed E-state index contributed by atoms with van der Waals surface area (Å²) < 4.78 is 4.92. The van der Waals surface area contributed by atoms with E-state index in [0.29, 0.717) is 19.5 Å². The third-order valence-electron chi connectivity index (χ3n) is 4.48. The summed E-state index contributed by atoms with van der Waals surface area (Å²) in [6, 6.07) is 0. The van der Waals surface area contributed by atoms with Gasteiger partial charge in [0, 0.05) is 44.0 Å². The first kappa shape index (κ1) is 15.4. The number of carbonyl (C=O) groups excluding carboxylic acids is 2. The third-order valence-corrected chi connectivity index (χ3v) is 5.31. The molecule has 0 unspecified atom stereocenters. The molecular formula is C15H21N3O3S. The Balaban J connectivity index is 1.63. The van der Waals surface area contributed by atoms with Crippen LogP contribution in [0.5, 0.6) is 0 Å². The van der Waals surface area contributed by atoms with Crippen LogP contribution in [0.4, 0.5) is 0 Å². The van der Waals surface area contributed by atoms with Gasteiger partial charge in [-0.3, -0.25) is 9.59 Å². The number of likely N-dealkylation sites (tertiary alicyclic amines) is 2. The van der Waals surface area contributed by atoms with Gasteiger partial charge in [-0.05, 0) is 13.3 Å². The predicted molar refractivity (Wildman–Crippen MR) is 82.4 cm³/mol. The standard InChI is InChI=1S/C15H21N3O3S/c1-11-16-12(8-22-11)6-18-10-15(5-13(18)19)3-4-17(9-15)14(20)7-21-2/h8H,3-7,9-10H2,1-2H3/t15-/m0/s1. The van der Waals surface area contributed by atoms with Crippen LogP contribution in [0.1, 0.15) is 23.5 Å². The number of carbonyl (C=O) groups is 2. The van der Waals surface area contributed by atoms with Gasteiger partial charge in [0.1, 0.15) is 6.61 Å². The quantitative estimate of drug-likeness (QED) is 0.831. The van der Waals surface area contributed by atoms with E-state index in [1.807, 2.05) is 22.1 Å². The molecule has 7 heteroatoms. The third kappa shape index (κ3) is 3.01. The Labute approximate surface area is 134 Å². The first-order chi connectivity index (χ1) is 10.5. The minimum atomic E-state index is -0.0778. The van der Waals surface area contributed by atoms with Crippen molar-refractivity contribution in [1.29, 1.82) is 0 Å². The molecule has 2 aliphatic heterocycles. The van der Waals surface area contributed by atoms with E-state index in [0.717, 1.165) is 30.2 Å². The van der Waals surface area contributed by atoms with Gasteiger partial charge in [0.15, 0.2) is 0 Å². The molecule has 0 radical (unpaired) electrons. The molecule has 120 valence electrons. The lowest BCUT2D eigenvalue weighted by atomic mass is 9.86. The van der Waals surface area contributed by atoms with Gasteiger partial charge in [0.2, 0.25) is 11.8 Å². The van der Waals surface area contributed by atoms with Gasteiger partial charge in [-0.1, -0.05) is 0 Å². The van der Waals surface area contributed by atoms with Gasteiger partial charge >= 0.3 is 0 Å². The summed E-state index contributed by atoms with van der Waals surface area (Å²) in [5.74, 6) is 0.187. The average Bonchev–Trinajstić information content (AvgIpc) is 3.13. The highest BCUT2D eigenvalue weighted by Crippen LogP contribution is 2.40. The van der Waals surface area contributed by atoms with E-state index in [9.17, 15) is 9.59 Å². The minimum Gasteiger partial charge on any atom is -0.375 e. The lowest BCUT2D eigenvalue weighted by Gasteiger charge is -2.23. The molecule has 1 atom stereocenters. The maximum absolute atomic E-state index is 12.3. The zero-order valence-corrected chi connectivity index (χ0v) is 13.8. The summed E-state index contributed by atoms with van der Waals surface area (Å²) in [5.41, 5.74) is 0.879. The number of nitrogens with zero attached hydrogens (tertiary/aromatic N) is 3. The fourth-order valence-electron chi connectivity index (χ4n) is 3.44. The molecule has 0 aliphatic carbocycles. The molecule has 1 aromatic heterocycles. The fraction of sp³-hybridized carbons (Fsp3) is 0.667. The number of aromatic nitrogens is 1. The molecule has 0 aromatic carbocycles. The van der Waals surface area contributed by atoms with Gasteiger partial charge in [-0.25, -0.2) is 4.98 Å². The zero-order valence-electron chi connectivity index (χ0n) is 13.0. The van der Waals surface area contributed by atoms with Crippen LogP contribution >= 0.6 is 11.3 Å². The highest BCUT2D eigenvalue weighted by Gasteiger charge is 2.48. The Kier molecular flexibility index (Phi) is 4.18. The largest absolute Gasteiger partial charge is 0.375 e. The summed E-state index contributed by atoms with van der Waals surface area (Å²) in [7, 11) is 1.53. The van der Waals surface area contributed by atoms with Crippen molar-refractivity contribution in [3.63, 3.8) is 0 Å². The van der Waals surface area contributed by atoms with E-state index in [4.69, 9.17) is 4.74 Å². The molecule has 0 bridgehead atoms. The summed E-state index contributed by atoms with van der Waals surface area (Å²) in [6.45, 7) is 4.77. The number of rotatable bonds is 4. The normalized spacial score (nSPS) is 24.7. The van der Waals surface area contributed by atoms with Gasteiger partial charge in [0.25, 0.3) is 0 Å². The smallest absolute Gasteiger partial charge is 0.248 e. The topological polar surface area (TPSA) is 62.7 Å². The van der Waals surface area contributed by atoms with Crippen LogP contribution in [-0.4, -0.2) is 59.9 Å². The zero-order chi connectivity index (χ0) is 15.7. The second-order valence-electron chi connectivity index (χ2n) is 6.28. The van der Waals surface area contributed by atoms with Gasteiger partial charge in [0.05, 0.1) is 17.2 Å². The van der Waals surface area contributed by atoms with Crippen LogP contribution in [0.2, 0.25) is 0 Å². The van der Waals surface area contributed by atoms with E-state index in [1.54, 1.807) is 11.3 Å². The Morgan fingerprint density at radius 3 is 3.00 bits per heavy atom. The van der Waals surface area contributed by atoms with Crippen molar-refractivity contribution in [3.05, 3.63) is 16.1 Å². The lowest BCUT2D eigenvalue weighted by molar-refractivity contribution is -0.134. The van der Waals surface area contributed by atoms with Gasteiger partial charge in [-0.15, -0.1) is 11.3 Å². The molecule has 22 heavy (non-hydrogen) atoms. The van der Waals surface area contributed by atoms with Crippen LogP contribution in [0, 0.1) is 12.3 Å². The average molecular weight is 323 g/mol. The maximum atomic E-state index is 12.3. The highest BCUT2D eigenvalue weighted by atomic mass is 32.1. The summed E-state index contributed by atoms with van der Waals surface area (Å²) >= 11 is 1.61. The van der Waals surface area contributed by atoms with Crippen molar-refractivity contribution < 1.29 is 14.3 Å². The van der Waals surface area contributed by atoms with Crippen LogP contribution < -0.4 is 0 Å². The molecule has 1 aromatic rings. The van der Waals surface area contributed by atoms with Crippen LogP contribution in [0.25, 0.3) is 0 Å².